The van der Waals surface area contributed by atoms with Crippen LogP contribution >= 0.6 is 11.6 Å². The number of nitrogens with one attached hydrogen (secondary N) is 2. The number of amides is 2. The lowest BCUT2D eigenvalue weighted by molar-refractivity contribution is -0.136. The topological polar surface area (TPSA) is 58.2 Å². The van der Waals surface area contributed by atoms with Crippen molar-refractivity contribution in [3.63, 3.8) is 0 Å². The van der Waals surface area contributed by atoms with E-state index in [2.05, 4.69) is 10.6 Å². The number of benzene rings is 3. The molecule has 0 aromatic heterocycles. The van der Waals surface area contributed by atoms with E-state index in [1.165, 1.54) is 0 Å². The quantitative estimate of drug-likeness (QED) is 0.715. The van der Waals surface area contributed by atoms with Crippen molar-refractivity contribution in [1.82, 2.24) is 5.32 Å². The Hall–Kier alpha value is -2.85. The van der Waals surface area contributed by atoms with Crippen LogP contribution in [0.3, 0.4) is 0 Å². The van der Waals surface area contributed by atoms with Crippen molar-refractivity contribution in [2.24, 2.45) is 0 Å². The Morgan fingerprint density at radius 2 is 1.54 bits per heavy atom. The van der Waals surface area contributed by atoms with Gasteiger partial charge in [0.05, 0.1) is 0 Å². The first kappa shape index (κ1) is 16.0. The molecule has 3 rings (SSSR count). The highest BCUT2D eigenvalue weighted by molar-refractivity contribution is 6.39. The van der Waals surface area contributed by atoms with Gasteiger partial charge in [-0.05, 0) is 34.5 Å². The average molecular weight is 339 g/mol. The zero-order chi connectivity index (χ0) is 16.9. The lowest BCUT2D eigenvalue weighted by atomic mass is 10.1. The van der Waals surface area contributed by atoms with Crippen LogP contribution in [0.2, 0.25) is 5.02 Å². The summed E-state index contributed by atoms with van der Waals surface area (Å²) in [5, 5.41) is 7.77. The van der Waals surface area contributed by atoms with Crippen molar-refractivity contribution >= 4 is 39.9 Å². The summed E-state index contributed by atoms with van der Waals surface area (Å²) in [6, 6.07) is 20.4. The molecule has 0 spiro atoms. The van der Waals surface area contributed by atoms with Crippen LogP contribution in [0, 0.1) is 0 Å². The van der Waals surface area contributed by atoms with Crippen LogP contribution in [0.25, 0.3) is 10.8 Å². The van der Waals surface area contributed by atoms with E-state index in [9.17, 15) is 9.59 Å². The molecule has 0 aliphatic carbocycles. The lowest BCUT2D eigenvalue weighted by Gasteiger charge is -2.08. The van der Waals surface area contributed by atoms with E-state index in [-0.39, 0.29) is 6.54 Å². The molecule has 0 bridgehead atoms. The minimum Gasteiger partial charge on any atom is -0.344 e. The van der Waals surface area contributed by atoms with E-state index in [4.69, 9.17) is 11.6 Å². The van der Waals surface area contributed by atoms with Gasteiger partial charge in [-0.1, -0.05) is 60.1 Å². The number of rotatable bonds is 3. The molecule has 0 atom stereocenters. The predicted octanol–water partition coefficient (Wildman–Crippen LogP) is 3.75. The molecule has 0 unspecified atom stereocenters. The van der Waals surface area contributed by atoms with Gasteiger partial charge in [0.1, 0.15) is 0 Å². The Morgan fingerprint density at radius 1 is 0.833 bits per heavy atom. The van der Waals surface area contributed by atoms with Gasteiger partial charge >= 0.3 is 11.8 Å². The third kappa shape index (κ3) is 3.73. The molecular weight excluding hydrogens is 324 g/mol. The van der Waals surface area contributed by atoms with Crippen LogP contribution in [0.15, 0.2) is 66.7 Å². The molecule has 0 radical (unpaired) electrons. The van der Waals surface area contributed by atoms with Crippen LogP contribution in [-0.2, 0) is 16.1 Å². The highest BCUT2D eigenvalue weighted by Gasteiger charge is 2.14. The standard InChI is InChI=1S/C19H15ClN2O2/c20-17-8-4-3-7-15(17)12-21-18(23)19(24)22-16-10-9-13-5-1-2-6-14(13)11-16/h1-11H,12H2,(H,21,23)(H,22,24). The first-order chi connectivity index (χ1) is 11.6. The Morgan fingerprint density at radius 3 is 2.33 bits per heavy atom. The van der Waals surface area contributed by atoms with E-state index in [0.29, 0.717) is 10.7 Å². The van der Waals surface area contributed by atoms with Crippen molar-refractivity contribution in [3.8, 4) is 0 Å². The van der Waals surface area contributed by atoms with E-state index in [0.717, 1.165) is 16.3 Å². The van der Waals surface area contributed by atoms with Crippen molar-refractivity contribution in [2.45, 2.75) is 6.54 Å². The monoisotopic (exact) mass is 338 g/mol. The molecule has 0 saturated carbocycles. The summed E-state index contributed by atoms with van der Waals surface area (Å²) in [6.07, 6.45) is 0. The zero-order valence-electron chi connectivity index (χ0n) is 12.8. The van der Waals surface area contributed by atoms with Crippen LogP contribution < -0.4 is 10.6 Å². The van der Waals surface area contributed by atoms with E-state index in [1.807, 2.05) is 42.5 Å². The molecule has 120 valence electrons. The highest BCUT2D eigenvalue weighted by atomic mass is 35.5. The fourth-order valence-corrected chi connectivity index (χ4v) is 2.56. The third-order valence-corrected chi connectivity index (χ3v) is 3.98. The molecular formula is C19H15ClN2O2. The Labute approximate surface area is 144 Å². The lowest BCUT2D eigenvalue weighted by Crippen LogP contribution is -2.35. The molecule has 4 nitrogen and oxygen atoms in total. The summed E-state index contributed by atoms with van der Waals surface area (Å²) in [6.45, 7) is 0.198. The van der Waals surface area contributed by atoms with Gasteiger partial charge in [0.25, 0.3) is 0 Å². The molecule has 0 saturated heterocycles. The SMILES string of the molecule is O=C(NCc1ccccc1Cl)C(=O)Nc1ccc2ccccc2c1. The maximum absolute atomic E-state index is 12.0. The van der Waals surface area contributed by atoms with Crippen LogP contribution in [0.1, 0.15) is 5.56 Å². The molecule has 3 aromatic carbocycles. The van der Waals surface area contributed by atoms with Crippen molar-refractivity contribution in [2.75, 3.05) is 5.32 Å². The van der Waals surface area contributed by atoms with E-state index < -0.39 is 11.8 Å². The van der Waals surface area contributed by atoms with Crippen LogP contribution in [0.5, 0.6) is 0 Å². The summed E-state index contributed by atoms with van der Waals surface area (Å²) in [7, 11) is 0. The summed E-state index contributed by atoms with van der Waals surface area (Å²) in [5.41, 5.74) is 1.33. The fourth-order valence-electron chi connectivity index (χ4n) is 2.35. The summed E-state index contributed by atoms with van der Waals surface area (Å²) < 4.78 is 0. The summed E-state index contributed by atoms with van der Waals surface area (Å²) in [5.74, 6) is -1.42. The molecule has 0 aliphatic rings. The van der Waals surface area contributed by atoms with Gasteiger partial charge in [-0.15, -0.1) is 0 Å². The maximum Gasteiger partial charge on any atom is 0.313 e. The van der Waals surface area contributed by atoms with Gasteiger partial charge in [0.2, 0.25) is 0 Å². The second-order valence-corrected chi connectivity index (χ2v) is 5.70. The zero-order valence-corrected chi connectivity index (χ0v) is 13.5. The molecule has 5 heteroatoms. The Kier molecular flexibility index (Phi) is 4.77. The Bertz CT molecular complexity index is 909. The maximum atomic E-state index is 12.0. The minimum absolute atomic E-state index is 0.198. The third-order valence-electron chi connectivity index (χ3n) is 3.61. The van der Waals surface area contributed by atoms with Gasteiger partial charge in [-0.2, -0.15) is 0 Å². The predicted molar refractivity (Wildman–Crippen MR) is 95.9 cm³/mol. The number of halogens is 1. The van der Waals surface area contributed by atoms with E-state index in [1.54, 1.807) is 24.3 Å². The molecule has 0 fully saturated rings. The molecule has 0 aliphatic heterocycles. The molecule has 0 heterocycles. The average Bonchev–Trinajstić information content (AvgIpc) is 2.60. The summed E-state index contributed by atoms with van der Waals surface area (Å²) >= 11 is 6.02. The smallest absolute Gasteiger partial charge is 0.313 e. The first-order valence-corrected chi connectivity index (χ1v) is 7.83. The first-order valence-electron chi connectivity index (χ1n) is 7.45. The number of carbonyl (C=O) groups excluding carboxylic acids is 2. The Balaban J connectivity index is 1.63. The molecule has 2 amide bonds. The number of anilines is 1. The van der Waals surface area contributed by atoms with Gasteiger partial charge in [0, 0.05) is 17.3 Å². The van der Waals surface area contributed by atoms with E-state index >= 15 is 0 Å². The highest BCUT2D eigenvalue weighted by Crippen LogP contribution is 2.19. The number of hydrogen-bond donors (Lipinski definition) is 2. The number of hydrogen-bond acceptors (Lipinski definition) is 2. The van der Waals surface area contributed by atoms with Crippen molar-refractivity contribution < 1.29 is 9.59 Å². The second-order valence-electron chi connectivity index (χ2n) is 5.29. The van der Waals surface area contributed by atoms with Gasteiger partial charge in [-0.3, -0.25) is 9.59 Å². The van der Waals surface area contributed by atoms with Crippen molar-refractivity contribution in [3.05, 3.63) is 77.3 Å². The molecule has 24 heavy (non-hydrogen) atoms. The fraction of sp³-hybridized carbons (Fsp3) is 0.0526. The molecule has 2 N–H and O–H groups in total. The van der Waals surface area contributed by atoms with Gasteiger partial charge in [-0.25, -0.2) is 0 Å². The van der Waals surface area contributed by atoms with Crippen LogP contribution in [0.4, 0.5) is 5.69 Å². The normalized spacial score (nSPS) is 10.4. The van der Waals surface area contributed by atoms with Gasteiger partial charge in [0.15, 0.2) is 0 Å². The minimum atomic E-state index is -0.711. The van der Waals surface area contributed by atoms with Crippen LogP contribution in [-0.4, -0.2) is 11.8 Å². The number of carbonyl (C=O) groups is 2. The van der Waals surface area contributed by atoms with Gasteiger partial charge < -0.3 is 10.6 Å². The largest absolute Gasteiger partial charge is 0.344 e. The second kappa shape index (κ2) is 7.15. The summed E-state index contributed by atoms with van der Waals surface area (Å²) in [4.78, 5) is 23.9. The van der Waals surface area contributed by atoms with Crippen molar-refractivity contribution in [1.29, 1.82) is 0 Å². The number of fused-ring (bicyclic) bond motifs is 1. The molecule has 3 aromatic rings.